The van der Waals surface area contributed by atoms with Crippen molar-refractivity contribution in [1.29, 1.82) is 0 Å². The fourth-order valence-corrected chi connectivity index (χ4v) is 6.77. The summed E-state index contributed by atoms with van der Waals surface area (Å²) in [4.78, 5) is 16.6. The smallest absolute Gasteiger partial charge is 0.335 e. The van der Waals surface area contributed by atoms with Gasteiger partial charge in [-0.2, -0.15) is 4.39 Å². The zero-order valence-corrected chi connectivity index (χ0v) is 24.4. The zero-order chi connectivity index (χ0) is 29.5. The number of carboxylic acid groups (broad SMARTS) is 1. The van der Waals surface area contributed by atoms with Crippen molar-refractivity contribution in [2.45, 2.75) is 63.7 Å². The summed E-state index contributed by atoms with van der Waals surface area (Å²) in [5.41, 5.74) is 4.31. The third-order valence-electron chi connectivity index (χ3n) is 9.00. The first-order valence-corrected chi connectivity index (χ1v) is 15.2. The minimum absolute atomic E-state index is 0.146. The number of rotatable bonds is 9. The summed E-state index contributed by atoms with van der Waals surface area (Å²) in [7, 11) is 0. The summed E-state index contributed by atoms with van der Waals surface area (Å²) in [6.45, 7) is 1.71. The predicted molar refractivity (Wildman–Crippen MR) is 161 cm³/mol. The van der Waals surface area contributed by atoms with E-state index >= 15 is 0 Å². The number of hydrogen-bond acceptors (Lipinski definition) is 5. The van der Waals surface area contributed by atoms with E-state index in [-0.39, 0.29) is 18.3 Å². The number of carboxylic acids is 1. The number of aromatic nitrogens is 2. The number of ether oxygens (including phenoxy) is 2. The fourth-order valence-electron chi connectivity index (χ4n) is 6.57. The Balaban J connectivity index is 1.05. The van der Waals surface area contributed by atoms with E-state index in [1.165, 1.54) is 11.6 Å². The average Bonchev–Trinajstić information content (AvgIpc) is 3.55. The molecule has 5 aromatic rings. The standard InChI is InChI=1S/C34H32ClFN2O5/c35-27-11-9-23(33-26(27)17-31(36)43-33)19-42-30-4-2-1-3-25(30)21-7-5-20(6-8-21)15-32-37-28-12-10-22(34(39)40)16-29(28)38(32)18-24-13-14-41-24/h1-4,9-12,16-17,20-21,24H,5-8,13-15,18-19H2,(H,39,40)/t20?,21?,24-/m0/s1. The third-order valence-corrected chi connectivity index (χ3v) is 9.33. The van der Waals surface area contributed by atoms with Crippen molar-refractivity contribution in [2.75, 3.05) is 6.61 Å². The number of carbonyl (C=O) groups is 1. The molecule has 2 aliphatic rings. The Morgan fingerprint density at radius 3 is 2.65 bits per heavy atom. The van der Waals surface area contributed by atoms with Crippen LogP contribution in [0.1, 0.15) is 65.3 Å². The molecule has 1 atom stereocenters. The number of imidazole rings is 1. The van der Waals surface area contributed by atoms with Crippen LogP contribution in [-0.4, -0.2) is 33.3 Å². The van der Waals surface area contributed by atoms with Gasteiger partial charge in [0.2, 0.25) is 0 Å². The van der Waals surface area contributed by atoms with Crippen molar-refractivity contribution in [3.8, 4) is 5.75 Å². The van der Waals surface area contributed by atoms with Crippen molar-refractivity contribution >= 4 is 39.6 Å². The molecule has 0 unspecified atom stereocenters. The Morgan fingerprint density at radius 2 is 1.88 bits per heavy atom. The second-order valence-electron chi connectivity index (χ2n) is 11.7. The first kappa shape index (κ1) is 27.9. The van der Waals surface area contributed by atoms with E-state index in [0.717, 1.165) is 73.3 Å². The predicted octanol–water partition coefficient (Wildman–Crippen LogP) is 8.16. The number of halogens is 2. The van der Waals surface area contributed by atoms with Crippen LogP contribution in [0.3, 0.4) is 0 Å². The molecule has 7 rings (SSSR count). The van der Waals surface area contributed by atoms with Crippen LogP contribution >= 0.6 is 11.6 Å². The van der Waals surface area contributed by atoms with Crippen molar-refractivity contribution in [2.24, 2.45) is 5.92 Å². The molecular weight excluding hydrogens is 571 g/mol. The van der Waals surface area contributed by atoms with Gasteiger partial charge in [0.25, 0.3) is 6.01 Å². The lowest BCUT2D eigenvalue weighted by Crippen LogP contribution is -2.32. The summed E-state index contributed by atoms with van der Waals surface area (Å²) in [5, 5.41) is 10.5. The second-order valence-corrected chi connectivity index (χ2v) is 12.1. The van der Waals surface area contributed by atoms with Crippen LogP contribution in [0.4, 0.5) is 4.39 Å². The molecule has 1 N–H and O–H groups in total. The van der Waals surface area contributed by atoms with Crippen LogP contribution in [0.25, 0.3) is 22.0 Å². The van der Waals surface area contributed by atoms with E-state index in [2.05, 4.69) is 10.6 Å². The summed E-state index contributed by atoms with van der Waals surface area (Å²) in [6, 6.07) is 17.5. The van der Waals surface area contributed by atoms with Gasteiger partial charge < -0.3 is 23.6 Å². The van der Waals surface area contributed by atoms with Crippen molar-refractivity contribution in [3.63, 3.8) is 0 Å². The van der Waals surface area contributed by atoms with Crippen LogP contribution < -0.4 is 4.74 Å². The summed E-state index contributed by atoms with van der Waals surface area (Å²) < 4.78 is 33.3. The summed E-state index contributed by atoms with van der Waals surface area (Å²) >= 11 is 6.23. The van der Waals surface area contributed by atoms with E-state index in [0.29, 0.717) is 34.4 Å². The lowest BCUT2D eigenvalue weighted by Gasteiger charge is -2.31. The molecule has 1 aliphatic heterocycles. The van der Waals surface area contributed by atoms with E-state index in [9.17, 15) is 14.3 Å². The number of para-hydroxylation sites is 1. The van der Waals surface area contributed by atoms with E-state index in [1.54, 1.807) is 18.2 Å². The van der Waals surface area contributed by atoms with Gasteiger partial charge in [0, 0.05) is 30.0 Å². The number of aromatic carboxylic acids is 1. The SMILES string of the molecule is O=C(O)c1ccc2nc(CC3CCC(c4ccccc4OCc4ccc(Cl)c5cc(F)oc45)CC3)n(C[C@@H]3CCO3)c2c1. The van der Waals surface area contributed by atoms with Gasteiger partial charge in [-0.1, -0.05) is 35.9 Å². The highest BCUT2D eigenvalue weighted by atomic mass is 35.5. The van der Waals surface area contributed by atoms with Gasteiger partial charge in [-0.3, -0.25) is 0 Å². The molecule has 1 saturated heterocycles. The van der Waals surface area contributed by atoms with Crippen LogP contribution in [0.5, 0.6) is 5.75 Å². The molecule has 2 fully saturated rings. The summed E-state index contributed by atoms with van der Waals surface area (Å²) in [5.74, 6) is 1.76. The van der Waals surface area contributed by atoms with Crippen molar-refractivity contribution in [3.05, 3.63) is 94.2 Å². The Morgan fingerprint density at radius 1 is 1.07 bits per heavy atom. The van der Waals surface area contributed by atoms with Crippen molar-refractivity contribution in [1.82, 2.24) is 9.55 Å². The minimum atomic E-state index is -0.935. The largest absolute Gasteiger partial charge is 0.488 e. The van der Waals surface area contributed by atoms with Gasteiger partial charge in [0.1, 0.15) is 23.8 Å². The average molecular weight is 603 g/mol. The van der Waals surface area contributed by atoms with Crippen LogP contribution in [-0.2, 0) is 24.3 Å². The highest BCUT2D eigenvalue weighted by molar-refractivity contribution is 6.35. The number of benzene rings is 3. The monoisotopic (exact) mass is 602 g/mol. The van der Waals surface area contributed by atoms with Crippen LogP contribution in [0.2, 0.25) is 5.02 Å². The van der Waals surface area contributed by atoms with Gasteiger partial charge in [0.15, 0.2) is 0 Å². The van der Waals surface area contributed by atoms with Gasteiger partial charge in [-0.25, -0.2) is 9.78 Å². The Labute approximate surface area is 253 Å². The zero-order valence-electron chi connectivity index (χ0n) is 23.6. The van der Waals surface area contributed by atoms with E-state index in [1.807, 2.05) is 30.3 Å². The molecule has 2 aromatic heterocycles. The maximum atomic E-state index is 13.8. The molecule has 222 valence electrons. The number of furan rings is 1. The Kier molecular flexibility index (Phi) is 7.57. The van der Waals surface area contributed by atoms with Gasteiger partial charge in [-0.15, -0.1) is 0 Å². The molecule has 0 spiro atoms. The quantitative estimate of drug-likeness (QED) is 0.183. The molecule has 9 heteroatoms. The normalized spacial score (nSPS) is 20.4. The van der Waals surface area contributed by atoms with Gasteiger partial charge >= 0.3 is 5.97 Å². The molecular formula is C34H32ClFN2O5. The molecule has 0 amide bonds. The maximum absolute atomic E-state index is 13.8. The van der Waals surface area contributed by atoms with Gasteiger partial charge in [0.05, 0.1) is 34.3 Å². The fraction of sp³-hybridized carbons (Fsp3) is 0.353. The molecule has 0 bridgehead atoms. The van der Waals surface area contributed by atoms with Gasteiger partial charge in [-0.05, 0) is 79.8 Å². The molecule has 43 heavy (non-hydrogen) atoms. The van der Waals surface area contributed by atoms with Crippen LogP contribution in [0, 0.1) is 11.9 Å². The lowest BCUT2D eigenvalue weighted by atomic mass is 9.77. The number of hydrogen-bond donors (Lipinski definition) is 1. The Bertz CT molecular complexity index is 1800. The van der Waals surface area contributed by atoms with E-state index < -0.39 is 12.0 Å². The topological polar surface area (TPSA) is 86.7 Å². The molecule has 1 aliphatic carbocycles. The van der Waals surface area contributed by atoms with Crippen molar-refractivity contribution < 1.29 is 28.2 Å². The third kappa shape index (κ3) is 5.61. The summed E-state index contributed by atoms with van der Waals surface area (Å²) in [6.07, 6.45) is 6.20. The first-order valence-electron chi connectivity index (χ1n) is 14.8. The highest BCUT2D eigenvalue weighted by Crippen LogP contribution is 2.41. The molecule has 7 nitrogen and oxygen atoms in total. The number of nitrogens with zero attached hydrogens (tertiary/aromatic N) is 2. The molecule has 3 heterocycles. The second kappa shape index (κ2) is 11.7. The maximum Gasteiger partial charge on any atom is 0.335 e. The minimum Gasteiger partial charge on any atom is -0.488 e. The Hall–Kier alpha value is -3.88. The van der Waals surface area contributed by atoms with E-state index in [4.69, 9.17) is 30.5 Å². The first-order chi connectivity index (χ1) is 20.9. The molecule has 0 radical (unpaired) electrons. The molecule has 1 saturated carbocycles. The number of fused-ring (bicyclic) bond motifs is 2. The molecule has 3 aromatic carbocycles. The lowest BCUT2D eigenvalue weighted by molar-refractivity contribution is -0.0590. The highest BCUT2D eigenvalue weighted by Gasteiger charge is 2.28. The van der Waals surface area contributed by atoms with Crippen LogP contribution in [0.15, 0.2) is 65.1 Å².